The number of benzene rings is 1. The molecule has 82 valence electrons. The molecule has 0 saturated carbocycles. The molecular formula is C12H13N3S. The zero-order valence-electron chi connectivity index (χ0n) is 8.97. The normalized spacial score (nSPS) is 10.1. The molecule has 3 nitrogen and oxygen atoms in total. The molecule has 0 amide bonds. The van der Waals surface area contributed by atoms with Gasteiger partial charge in [-0.1, -0.05) is 0 Å². The summed E-state index contributed by atoms with van der Waals surface area (Å²) in [7, 11) is 0. The molecule has 2 rings (SSSR count). The number of nitrogens with two attached hydrogens (primary N) is 1. The number of nitrogens with zero attached hydrogens (tertiary/aromatic N) is 1. The minimum atomic E-state index is 0.531. The van der Waals surface area contributed by atoms with Crippen LogP contribution in [0.1, 0.15) is 0 Å². The summed E-state index contributed by atoms with van der Waals surface area (Å²) in [5, 5.41) is 3.26. The molecular weight excluding hydrogens is 218 g/mol. The first-order valence-electron chi connectivity index (χ1n) is 4.90. The van der Waals surface area contributed by atoms with Gasteiger partial charge in [0.2, 0.25) is 0 Å². The van der Waals surface area contributed by atoms with E-state index in [4.69, 9.17) is 5.73 Å². The van der Waals surface area contributed by atoms with Crippen LogP contribution < -0.4 is 11.1 Å². The molecule has 0 aliphatic heterocycles. The minimum absolute atomic E-state index is 0.531. The van der Waals surface area contributed by atoms with Crippen molar-refractivity contribution in [3.63, 3.8) is 0 Å². The van der Waals surface area contributed by atoms with Crippen LogP contribution in [-0.2, 0) is 0 Å². The Morgan fingerprint density at radius 3 is 2.31 bits per heavy atom. The molecule has 2 aromatic rings. The number of pyridine rings is 1. The topological polar surface area (TPSA) is 50.9 Å². The molecule has 0 spiro atoms. The van der Waals surface area contributed by atoms with E-state index in [2.05, 4.69) is 28.7 Å². The lowest BCUT2D eigenvalue weighted by Crippen LogP contribution is -1.93. The average molecular weight is 231 g/mol. The van der Waals surface area contributed by atoms with Crippen molar-refractivity contribution in [3.8, 4) is 0 Å². The van der Waals surface area contributed by atoms with Gasteiger partial charge >= 0.3 is 0 Å². The maximum atomic E-state index is 5.52. The maximum Gasteiger partial charge on any atom is 0.123 e. The first-order chi connectivity index (χ1) is 7.78. The smallest absolute Gasteiger partial charge is 0.123 e. The largest absolute Gasteiger partial charge is 0.384 e. The summed E-state index contributed by atoms with van der Waals surface area (Å²) in [5.41, 5.74) is 7.50. The Balaban J connectivity index is 2.11. The van der Waals surface area contributed by atoms with Gasteiger partial charge in [0.1, 0.15) is 5.82 Å². The number of nitrogens with one attached hydrogen (secondary N) is 1. The van der Waals surface area contributed by atoms with Gasteiger partial charge in [-0.2, -0.15) is 0 Å². The molecule has 0 atom stereocenters. The van der Waals surface area contributed by atoms with Crippen LogP contribution in [0.5, 0.6) is 0 Å². The van der Waals surface area contributed by atoms with Gasteiger partial charge < -0.3 is 11.1 Å². The molecule has 16 heavy (non-hydrogen) atoms. The number of aromatic nitrogens is 1. The van der Waals surface area contributed by atoms with E-state index in [-0.39, 0.29) is 0 Å². The molecule has 0 bridgehead atoms. The van der Waals surface area contributed by atoms with Crippen LogP contribution in [-0.4, -0.2) is 11.2 Å². The number of rotatable bonds is 3. The zero-order chi connectivity index (χ0) is 11.4. The van der Waals surface area contributed by atoms with Crippen molar-refractivity contribution in [2.75, 3.05) is 17.3 Å². The number of hydrogen-bond acceptors (Lipinski definition) is 4. The molecule has 3 N–H and O–H groups in total. The molecule has 0 aliphatic carbocycles. The Labute approximate surface area is 99.1 Å². The summed E-state index contributed by atoms with van der Waals surface area (Å²) >= 11 is 1.73. The molecule has 0 radical (unpaired) electrons. The lowest BCUT2D eigenvalue weighted by molar-refractivity contribution is 1.33. The van der Waals surface area contributed by atoms with Gasteiger partial charge in [0.25, 0.3) is 0 Å². The first-order valence-corrected chi connectivity index (χ1v) is 6.13. The second-order valence-corrected chi connectivity index (χ2v) is 4.20. The van der Waals surface area contributed by atoms with Crippen molar-refractivity contribution in [3.05, 3.63) is 42.6 Å². The second kappa shape index (κ2) is 4.90. The molecule has 1 aromatic heterocycles. The summed E-state index contributed by atoms with van der Waals surface area (Å²) in [4.78, 5) is 5.27. The van der Waals surface area contributed by atoms with Crippen LogP contribution in [0.4, 0.5) is 17.2 Å². The van der Waals surface area contributed by atoms with Crippen LogP contribution in [0.2, 0.25) is 0 Å². The lowest BCUT2D eigenvalue weighted by atomic mass is 10.3. The molecule has 1 aromatic carbocycles. The third-order valence-electron chi connectivity index (χ3n) is 2.17. The van der Waals surface area contributed by atoms with E-state index in [1.165, 1.54) is 4.90 Å². The van der Waals surface area contributed by atoms with Crippen molar-refractivity contribution < 1.29 is 0 Å². The Morgan fingerprint density at radius 1 is 1.06 bits per heavy atom. The van der Waals surface area contributed by atoms with Gasteiger partial charge in [0, 0.05) is 10.6 Å². The van der Waals surface area contributed by atoms with E-state index in [0.717, 1.165) is 11.4 Å². The van der Waals surface area contributed by atoms with E-state index in [1.807, 2.05) is 18.2 Å². The van der Waals surface area contributed by atoms with Crippen LogP contribution in [0.25, 0.3) is 0 Å². The van der Waals surface area contributed by atoms with Gasteiger partial charge in [0.05, 0.1) is 11.9 Å². The fourth-order valence-corrected chi connectivity index (χ4v) is 1.73. The van der Waals surface area contributed by atoms with Crippen molar-refractivity contribution in [2.45, 2.75) is 4.90 Å². The van der Waals surface area contributed by atoms with Crippen LogP contribution in [0.15, 0.2) is 47.5 Å². The van der Waals surface area contributed by atoms with Crippen LogP contribution in [0.3, 0.4) is 0 Å². The van der Waals surface area contributed by atoms with Gasteiger partial charge in [-0.3, -0.25) is 0 Å². The lowest BCUT2D eigenvalue weighted by Gasteiger charge is -2.06. The number of hydrogen-bond donors (Lipinski definition) is 2. The SMILES string of the molecule is CSc1ccc(Nc2ccc(N)nc2)cc1. The summed E-state index contributed by atoms with van der Waals surface area (Å²) in [6, 6.07) is 11.9. The van der Waals surface area contributed by atoms with Crippen molar-refractivity contribution in [1.29, 1.82) is 0 Å². The fourth-order valence-electron chi connectivity index (χ4n) is 1.32. The second-order valence-electron chi connectivity index (χ2n) is 3.33. The molecule has 4 heteroatoms. The Hall–Kier alpha value is -1.68. The predicted molar refractivity (Wildman–Crippen MR) is 70.2 cm³/mol. The summed E-state index contributed by atoms with van der Waals surface area (Å²) < 4.78 is 0. The molecule has 1 heterocycles. The number of anilines is 3. The summed E-state index contributed by atoms with van der Waals surface area (Å²) in [5.74, 6) is 0.531. The average Bonchev–Trinajstić information content (AvgIpc) is 2.33. The maximum absolute atomic E-state index is 5.52. The van der Waals surface area contributed by atoms with Crippen molar-refractivity contribution >= 4 is 29.0 Å². The third kappa shape index (κ3) is 2.67. The van der Waals surface area contributed by atoms with E-state index < -0.39 is 0 Å². The van der Waals surface area contributed by atoms with Gasteiger partial charge in [-0.15, -0.1) is 11.8 Å². The highest BCUT2D eigenvalue weighted by atomic mass is 32.2. The van der Waals surface area contributed by atoms with E-state index in [1.54, 1.807) is 24.0 Å². The Kier molecular flexibility index (Phi) is 3.31. The van der Waals surface area contributed by atoms with Gasteiger partial charge in [-0.05, 0) is 42.7 Å². The molecule has 0 saturated heterocycles. The molecule has 0 aliphatic rings. The highest BCUT2D eigenvalue weighted by molar-refractivity contribution is 7.98. The Morgan fingerprint density at radius 2 is 1.75 bits per heavy atom. The standard InChI is InChI=1S/C12H13N3S/c1-16-11-5-2-9(3-6-11)15-10-4-7-12(13)14-8-10/h2-8,15H,1H3,(H2,13,14). The van der Waals surface area contributed by atoms with E-state index in [0.29, 0.717) is 5.82 Å². The number of nitrogen functional groups attached to an aromatic ring is 1. The van der Waals surface area contributed by atoms with Gasteiger partial charge in [0.15, 0.2) is 0 Å². The highest BCUT2D eigenvalue weighted by Gasteiger charge is 1.95. The monoisotopic (exact) mass is 231 g/mol. The quantitative estimate of drug-likeness (QED) is 0.797. The van der Waals surface area contributed by atoms with Crippen molar-refractivity contribution in [2.24, 2.45) is 0 Å². The fraction of sp³-hybridized carbons (Fsp3) is 0.0833. The zero-order valence-corrected chi connectivity index (χ0v) is 9.79. The third-order valence-corrected chi connectivity index (χ3v) is 2.91. The van der Waals surface area contributed by atoms with Crippen LogP contribution >= 0.6 is 11.8 Å². The highest BCUT2D eigenvalue weighted by Crippen LogP contribution is 2.20. The summed E-state index contributed by atoms with van der Waals surface area (Å²) in [6.07, 6.45) is 3.78. The molecule has 0 unspecified atom stereocenters. The summed E-state index contributed by atoms with van der Waals surface area (Å²) in [6.45, 7) is 0. The first kappa shape index (κ1) is 10.8. The van der Waals surface area contributed by atoms with Gasteiger partial charge in [-0.25, -0.2) is 4.98 Å². The predicted octanol–water partition coefficient (Wildman–Crippen LogP) is 3.13. The van der Waals surface area contributed by atoms with E-state index in [9.17, 15) is 0 Å². The molecule has 0 fully saturated rings. The Bertz CT molecular complexity index is 451. The van der Waals surface area contributed by atoms with Crippen molar-refractivity contribution in [1.82, 2.24) is 4.98 Å². The minimum Gasteiger partial charge on any atom is -0.384 e. The number of thioether (sulfide) groups is 1. The van der Waals surface area contributed by atoms with E-state index >= 15 is 0 Å². The van der Waals surface area contributed by atoms with Crippen LogP contribution in [0, 0.1) is 0 Å².